The van der Waals surface area contributed by atoms with Gasteiger partial charge in [-0.15, -0.1) is 0 Å². The molecule has 1 aromatic rings. The molecule has 0 aromatic heterocycles. The van der Waals surface area contributed by atoms with E-state index in [0.717, 1.165) is 38.5 Å². The number of unbranched alkanes of at least 4 members (excludes halogenated alkanes) is 4. The van der Waals surface area contributed by atoms with Gasteiger partial charge in [-0.2, -0.15) is 0 Å². The molecule has 2 atom stereocenters. The standard InChI is InChI=1S/C27H45N3O5/c1-8-10-12-13-17-30(25(33)20(4)29-26(34)35-27(5,6)7)23(24(32)28-16-11-9-2)21-14-15-22(31)19(3)18-21/h14-15,18,20,23,31H,8-13,16-17H2,1-7H3,(H,28,32)(H,29,34). The van der Waals surface area contributed by atoms with Crippen molar-refractivity contribution in [3.05, 3.63) is 29.3 Å². The lowest BCUT2D eigenvalue weighted by Gasteiger charge is -2.34. The molecule has 0 aliphatic rings. The summed E-state index contributed by atoms with van der Waals surface area (Å²) in [5, 5.41) is 15.6. The van der Waals surface area contributed by atoms with E-state index in [9.17, 15) is 19.5 Å². The van der Waals surface area contributed by atoms with Crippen LogP contribution < -0.4 is 10.6 Å². The molecule has 198 valence electrons. The average Bonchev–Trinajstić information content (AvgIpc) is 2.76. The van der Waals surface area contributed by atoms with Gasteiger partial charge in [-0.25, -0.2) is 4.79 Å². The maximum atomic E-state index is 13.6. The van der Waals surface area contributed by atoms with Crippen LogP contribution in [0.1, 0.15) is 97.2 Å². The zero-order chi connectivity index (χ0) is 26.6. The normalized spacial score (nSPS) is 13.0. The second kappa shape index (κ2) is 14.6. The lowest BCUT2D eigenvalue weighted by Crippen LogP contribution is -2.52. The minimum atomic E-state index is -0.889. The van der Waals surface area contributed by atoms with Crippen molar-refractivity contribution in [3.8, 4) is 5.75 Å². The number of benzene rings is 1. The van der Waals surface area contributed by atoms with Gasteiger partial charge in [0, 0.05) is 13.1 Å². The van der Waals surface area contributed by atoms with Gasteiger partial charge in [0.2, 0.25) is 11.8 Å². The van der Waals surface area contributed by atoms with Crippen LogP contribution >= 0.6 is 0 Å². The number of ether oxygens (including phenoxy) is 1. The smallest absolute Gasteiger partial charge is 0.408 e. The van der Waals surface area contributed by atoms with Gasteiger partial charge in [0.15, 0.2) is 0 Å². The Balaban J connectivity index is 3.30. The van der Waals surface area contributed by atoms with Gasteiger partial charge >= 0.3 is 6.09 Å². The van der Waals surface area contributed by atoms with Gasteiger partial charge in [0.05, 0.1) is 0 Å². The summed E-state index contributed by atoms with van der Waals surface area (Å²) < 4.78 is 5.31. The zero-order valence-electron chi connectivity index (χ0n) is 22.6. The number of aryl methyl sites for hydroxylation is 1. The first-order chi connectivity index (χ1) is 16.4. The summed E-state index contributed by atoms with van der Waals surface area (Å²) in [7, 11) is 0. The Morgan fingerprint density at radius 3 is 2.29 bits per heavy atom. The number of rotatable bonds is 13. The number of phenolic OH excluding ortho intramolecular Hbond substituents is 1. The van der Waals surface area contributed by atoms with E-state index in [1.807, 2.05) is 6.92 Å². The molecule has 0 aliphatic heterocycles. The molecule has 1 aromatic carbocycles. The molecule has 35 heavy (non-hydrogen) atoms. The number of alkyl carbamates (subject to hydrolysis) is 1. The lowest BCUT2D eigenvalue weighted by molar-refractivity contribution is -0.142. The van der Waals surface area contributed by atoms with Gasteiger partial charge in [-0.1, -0.05) is 45.6 Å². The summed E-state index contributed by atoms with van der Waals surface area (Å²) in [6.45, 7) is 13.6. The summed E-state index contributed by atoms with van der Waals surface area (Å²) in [5.74, 6) is -0.523. The maximum Gasteiger partial charge on any atom is 0.408 e. The molecule has 0 radical (unpaired) electrons. The van der Waals surface area contributed by atoms with Crippen molar-refractivity contribution >= 4 is 17.9 Å². The number of hydrogen-bond donors (Lipinski definition) is 3. The molecular formula is C27H45N3O5. The Kier molecular flexibility index (Phi) is 12.6. The predicted octanol–water partition coefficient (Wildman–Crippen LogP) is 4.98. The van der Waals surface area contributed by atoms with E-state index < -0.39 is 23.8 Å². The number of nitrogens with one attached hydrogen (secondary N) is 2. The van der Waals surface area contributed by atoms with Gasteiger partial charge in [0.25, 0.3) is 0 Å². The Bertz CT molecular complexity index is 835. The number of hydrogen-bond acceptors (Lipinski definition) is 5. The van der Waals surface area contributed by atoms with Crippen molar-refractivity contribution in [2.45, 2.75) is 105 Å². The highest BCUT2D eigenvalue weighted by molar-refractivity contribution is 5.92. The molecule has 3 N–H and O–H groups in total. The van der Waals surface area contributed by atoms with Crippen molar-refractivity contribution in [3.63, 3.8) is 0 Å². The number of carbonyl (C=O) groups excluding carboxylic acids is 3. The number of carbonyl (C=O) groups is 3. The fraction of sp³-hybridized carbons (Fsp3) is 0.667. The van der Waals surface area contributed by atoms with Crippen LogP contribution in [0.15, 0.2) is 18.2 Å². The second-order valence-electron chi connectivity index (χ2n) is 10.1. The summed E-state index contributed by atoms with van der Waals surface area (Å²) in [6.07, 6.45) is 4.80. The molecule has 0 aliphatic carbocycles. The van der Waals surface area contributed by atoms with E-state index in [0.29, 0.717) is 24.2 Å². The average molecular weight is 492 g/mol. The SMILES string of the molecule is CCCCCCN(C(=O)C(C)NC(=O)OC(C)(C)C)C(C(=O)NCCCC)c1ccc(O)c(C)c1. The molecule has 8 heteroatoms. The topological polar surface area (TPSA) is 108 Å². The van der Waals surface area contributed by atoms with E-state index in [2.05, 4.69) is 17.6 Å². The summed E-state index contributed by atoms with van der Waals surface area (Å²) >= 11 is 0. The minimum Gasteiger partial charge on any atom is -0.508 e. The van der Waals surface area contributed by atoms with Crippen LogP contribution in [0.3, 0.4) is 0 Å². The minimum absolute atomic E-state index is 0.125. The van der Waals surface area contributed by atoms with Crippen LogP contribution in [0.4, 0.5) is 4.79 Å². The summed E-state index contributed by atoms with van der Waals surface area (Å²) in [6, 6.07) is 3.17. The van der Waals surface area contributed by atoms with Crippen LogP contribution in [-0.2, 0) is 14.3 Å². The number of nitrogens with zero attached hydrogens (tertiary/aromatic N) is 1. The molecule has 2 unspecified atom stereocenters. The van der Waals surface area contributed by atoms with Crippen LogP contribution in [-0.4, -0.2) is 52.6 Å². The first-order valence-electron chi connectivity index (χ1n) is 12.8. The fourth-order valence-electron chi connectivity index (χ4n) is 3.68. The number of aromatic hydroxyl groups is 1. The molecular weight excluding hydrogens is 446 g/mol. The number of phenols is 1. The third-order valence-corrected chi connectivity index (χ3v) is 5.57. The van der Waals surface area contributed by atoms with E-state index in [1.54, 1.807) is 57.7 Å². The number of amides is 3. The lowest BCUT2D eigenvalue weighted by atomic mass is 9.99. The highest BCUT2D eigenvalue weighted by atomic mass is 16.6. The second-order valence-corrected chi connectivity index (χ2v) is 10.1. The molecule has 0 saturated carbocycles. The van der Waals surface area contributed by atoms with Gasteiger partial charge < -0.3 is 25.4 Å². The van der Waals surface area contributed by atoms with E-state index in [-0.39, 0.29) is 17.6 Å². The Labute approximate surface area is 210 Å². The molecule has 0 fully saturated rings. The Morgan fingerprint density at radius 2 is 1.71 bits per heavy atom. The van der Waals surface area contributed by atoms with E-state index in [4.69, 9.17) is 4.74 Å². The van der Waals surface area contributed by atoms with Crippen LogP contribution in [0.5, 0.6) is 5.75 Å². The third kappa shape index (κ3) is 10.6. The fourth-order valence-corrected chi connectivity index (χ4v) is 3.68. The first-order valence-corrected chi connectivity index (χ1v) is 12.8. The molecule has 0 bridgehead atoms. The van der Waals surface area contributed by atoms with Gasteiger partial charge in [0.1, 0.15) is 23.4 Å². The van der Waals surface area contributed by atoms with Gasteiger partial charge in [-0.05, 0) is 70.7 Å². The monoisotopic (exact) mass is 491 g/mol. The highest BCUT2D eigenvalue weighted by Crippen LogP contribution is 2.27. The molecule has 3 amide bonds. The molecule has 0 saturated heterocycles. The van der Waals surface area contributed by atoms with Crippen molar-refractivity contribution in [1.29, 1.82) is 0 Å². The van der Waals surface area contributed by atoms with Crippen LogP contribution in [0.25, 0.3) is 0 Å². The summed E-state index contributed by atoms with van der Waals surface area (Å²) in [5.41, 5.74) is 0.535. The van der Waals surface area contributed by atoms with Crippen molar-refractivity contribution < 1.29 is 24.2 Å². The predicted molar refractivity (Wildman–Crippen MR) is 138 cm³/mol. The van der Waals surface area contributed by atoms with E-state index in [1.165, 1.54) is 0 Å². The largest absolute Gasteiger partial charge is 0.508 e. The first kappa shape index (κ1) is 30.3. The van der Waals surface area contributed by atoms with E-state index >= 15 is 0 Å². The zero-order valence-corrected chi connectivity index (χ0v) is 22.6. The molecule has 8 nitrogen and oxygen atoms in total. The van der Waals surface area contributed by atoms with Crippen molar-refractivity contribution in [1.82, 2.24) is 15.5 Å². The molecule has 0 heterocycles. The molecule has 0 spiro atoms. The molecule has 1 rings (SSSR count). The Morgan fingerprint density at radius 1 is 1.06 bits per heavy atom. The van der Waals surface area contributed by atoms with Gasteiger partial charge in [-0.3, -0.25) is 9.59 Å². The van der Waals surface area contributed by atoms with Crippen LogP contribution in [0, 0.1) is 6.92 Å². The van der Waals surface area contributed by atoms with Crippen molar-refractivity contribution in [2.24, 2.45) is 0 Å². The maximum absolute atomic E-state index is 13.6. The summed E-state index contributed by atoms with van der Waals surface area (Å²) in [4.78, 5) is 40.9. The highest BCUT2D eigenvalue weighted by Gasteiger charge is 2.34. The third-order valence-electron chi connectivity index (χ3n) is 5.57. The van der Waals surface area contributed by atoms with Crippen LogP contribution in [0.2, 0.25) is 0 Å². The van der Waals surface area contributed by atoms with Crippen molar-refractivity contribution in [2.75, 3.05) is 13.1 Å². The Hall–Kier alpha value is -2.77. The quantitative estimate of drug-likeness (QED) is 0.337.